The number of carboxylic acid groups (broad SMARTS) is 1. The second kappa shape index (κ2) is 7.59. The highest BCUT2D eigenvalue weighted by Gasteiger charge is 2.20. The molecule has 0 fully saturated rings. The van der Waals surface area contributed by atoms with Gasteiger partial charge in [0, 0.05) is 22.5 Å². The Hall–Kier alpha value is -3.19. The molecule has 0 aliphatic carbocycles. The van der Waals surface area contributed by atoms with E-state index in [1.807, 2.05) is 0 Å². The predicted octanol–water partition coefficient (Wildman–Crippen LogP) is 3.72. The average Bonchev–Trinajstić information content (AvgIpc) is 3.01. The number of anilines is 1. The Labute approximate surface area is 159 Å². The van der Waals surface area contributed by atoms with Gasteiger partial charge in [-0.1, -0.05) is 29.8 Å². The van der Waals surface area contributed by atoms with Gasteiger partial charge in [-0.25, -0.2) is 4.79 Å². The van der Waals surface area contributed by atoms with E-state index in [9.17, 15) is 14.7 Å². The number of fused-ring (bicyclic) bond motifs is 1. The van der Waals surface area contributed by atoms with Crippen LogP contribution in [0.4, 0.5) is 5.69 Å². The van der Waals surface area contributed by atoms with Crippen molar-refractivity contribution in [1.82, 2.24) is 4.98 Å². The minimum atomic E-state index is -1.13. The van der Waals surface area contributed by atoms with Gasteiger partial charge in [-0.05, 0) is 12.1 Å². The number of rotatable bonds is 6. The first-order valence-electron chi connectivity index (χ1n) is 7.98. The maximum atomic E-state index is 12.6. The highest BCUT2D eigenvalue weighted by atomic mass is 35.5. The van der Waals surface area contributed by atoms with E-state index >= 15 is 0 Å². The lowest BCUT2D eigenvalue weighted by molar-refractivity contribution is -0.115. The number of carbonyl (C=O) groups is 2. The summed E-state index contributed by atoms with van der Waals surface area (Å²) in [6.07, 6.45) is -0.127. The zero-order valence-corrected chi connectivity index (χ0v) is 15.4. The number of hydrogen-bond donors (Lipinski definition) is 3. The molecule has 2 aromatic carbocycles. The van der Waals surface area contributed by atoms with Crippen LogP contribution >= 0.6 is 11.6 Å². The van der Waals surface area contributed by atoms with Crippen molar-refractivity contribution in [3.05, 3.63) is 52.7 Å². The van der Waals surface area contributed by atoms with Crippen LogP contribution in [0.15, 0.2) is 36.4 Å². The number of amides is 1. The summed E-state index contributed by atoms with van der Waals surface area (Å²) in [5.41, 5.74) is 1.42. The minimum absolute atomic E-state index is 0.00826. The molecule has 27 heavy (non-hydrogen) atoms. The standard InChI is InChI=1S/C19H17ClN2O5/c1-26-15-9-16(27-2)14(8-12(15)20)21-17(23)7-11-10-5-3-4-6-13(10)22-18(11)19(24)25/h3-6,8-9,22H,7H2,1-2H3,(H,21,23)(H,24,25). The molecule has 0 bridgehead atoms. The summed E-state index contributed by atoms with van der Waals surface area (Å²) in [7, 11) is 2.93. The van der Waals surface area contributed by atoms with Crippen LogP contribution in [0.2, 0.25) is 5.02 Å². The molecule has 0 unspecified atom stereocenters. The van der Waals surface area contributed by atoms with E-state index < -0.39 is 11.9 Å². The summed E-state index contributed by atoms with van der Waals surface area (Å²) in [5, 5.41) is 13.1. The van der Waals surface area contributed by atoms with Gasteiger partial charge in [-0.3, -0.25) is 4.79 Å². The Morgan fingerprint density at radius 1 is 1.15 bits per heavy atom. The predicted molar refractivity (Wildman–Crippen MR) is 102 cm³/mol. The van der Waals surface area contributed by atoms with Crippen LogP contribution in [0.1, 0.15) is 16.1 Å². The molecule has 140 valence electrons. The Balaban J connectivity index is 1.91. The topological polar surface area (TPSA) is 101 Å². The van der Waals surface area contributed by atoms with Gasteiger partial charge < -0.3 is 24.9 Å². The lowest BCUT2D eigenvalue weighted by Gasteiger charge is -2.13. The molecule has 7 nitrogen and oxygen atoms in total. The van der Waals surface area contributed by atoms with Crippen molar-refractivity contribution < 1.29 is 24.2 Å². The third-order valence-electron chi connectivity index (χ3n) is 4.11. The minimum Gasteiger partial charge on any atom is -0.495 e. The fourth-order valence-electron chi connectivity index (χ4n) is 2.88. The van der Waals surface area contributed by atoms with Crippen molar-refractivity contribution >= 4 is 40.1 Å². The molecular formula is C19H17ClN2O5. The Bertz CT molecular complexity index is 1030. The van der Waals surface area contributed by atoms with E-state index in [0.717, 1.165) is 0 Å². The molecule has 0 saturated carbocycles. The summed E-state index contributed by atoms with van der Waals surface area (Å²) < 4.78 is 10.4. The highest BCUT2D eigenvalue weighted by Crippen LogP contribution is 2.36. The van der Waals surface area contributed by atoms with Crippen LogP contribution in [-0.4, -0.2) is 36.2 Å². The van der Waals surface area contributed by atoms with Crippen molar-refractivity contribution in [2.45, 2.75) is 6.42 Å². The van der Waals surface area contributed by atoms with E-state index in [0.29, 0.717) is 38.7 Å². The molecule has 3 N–H and O–H groups in total. The SMILES string of the molecule is COc1cc(OC)c(NC(=O)Cc2c(C(=O)O)[nH]c3ccccc23)cc1Cl. The second-order valence-electron chi connectivity index (χ2n) is 5.74. The number of methoxy groups -OCH3 is 2. The monoisotopic (exact) mass is 388 g/mol. The number of aromatic nitrogens is 1. The van der Waals surface area contributed by atoms with Gasteiger partial charge in [0.05, 0.1) is 31.4 Å². The molecule has 3 aromatic rings. The number of nitrogens with one attached hydrogen (secondary N) is 2. The Kier molecular flexibility index (Phi) is 5.23. The lowest BCUT2D eigenvalue weighted by Crippen LogP contribution is -2.16. The molecule has 0 atom stereocenters. The van der Waals surface area contributed by atoms with Crippen molar-refractivity contribution in [2.75, 3.05) is 19.5 Å². The smallest absolute Gasteiger partial charge is 0.352 e. The normalized spacial score (nSPS) is 10.6. The second-order valence-corrected chi connectivity index (χ2v) is 6.15. The van der Waals surface area contributed by atoms with Crippen LogP contribution in [0, 0.1) is 0 Å². The molecule has 0 radical (unpaired) electrons. The quantitative estimate of drug-likeness (QED) is 0.597. The molecular weight excluding hydrogens is 372 g/mol. The van der Waals surface area contributed by atoms with Crippen LogP contribution < -0.4 is 14.8 Å². The van der Waals surface area contributed by atoms with Crippen LogP contribution in [0.3, 0.4) is 0 Å². The molecule has 0 spiro atoms. The number of aromatic amines is 1. The van der Waals surface area contributed by atoms with Gasteiger partial charge in [-0.2, -0.15) is 0 Å². The third kappa shape index (κ3) is 3.68. The van der Waals surface area contributed by atoms with Crippen LogP contribution in [0.25, 0.3) is 10.9 Å². The number of ether oxygens (including phenoxy) is 2. The van der Waals surface area contributed by atoms with Crippen LogP contribution in [0.5, 0.6) is 11.5 Å². The lowest BCUT2D eigenvalue weighted by atomic mass is 10.1. The van der Waals surface area contributed by atoms with Crippen molar-refractivity contribution in [2.24, 2.45) is 0 Å². The maximum absolute atomic E-state index is 12.6. The van der Waals surface area contributed by atoms with Crippen molar-refractivity contribution in [3.63, 3.8) is 0 Å². The number of carbonyl (C=O) groups excluding carboxylic acids is 1. The molecule has 0 saturated heterocycles. The first-order valence-corrected chi connectivity index (χ1v) is 8.36. The molecule has 8 heteroatoms. The largest absolute Gasteiger partial charge is 0.495 e. The van der Waals surface area contributed by atoms with Crippen LogP contribution in [-0.2, 0) is 11.2 Å². The van der Waals surface area contributed by atoms with Gasteiger partial charge in [0.25, 0.3) is 0 Å². The number of para-hydroxylation sites is 1. The number of halogens is 1. The summed E-state index contributed by atoms with van der Waals surface area (Å²) in [4.78, 5) is 27.0. The maximum Gasteiger partial charge on any atom is 0.352 e. The highest BCUT2D eigenvalue weighted by molar-refractivity contribution is 6.32. The van der Waals surface area contributed by atoms with Gasteiger partial charge in [0.15, 0.2) is 0 Å². The molecule has 1 aromatic heterocycles. The zero-order valence-electron chi connectivity index (χ0n) is 14.6. The first-order chi connectivity index (χ1) is 12.9. The zero-order chi connectivity index (χ0) is 19.6. The third-order valence-corrected chi connectivity index (χ3v) is 4.41. The molecule has 1 amide bonds. The molecule has 0 aliphatic heterocycles. The summed E-state index contributed by atoms with van der Waals surface area (Å²) in [6.45, 7) is 0. The van der Waals surface area contributed by atoms with E-state index in [2.05, 4.69) is 10.3 Å². The Morgan fingerprint density at radius 3 is 2.52 bits per heavy atom. The van der Waals surface area contributed by atoms with E-state index in [-0.39, 0.29) is 12.1 Å². The van der Waals surface area contributed by atoms with Gasteiger partial charge >= 0.3 is 5.97 Å². The van der Waals surface area contributed by atoms with E-state index in [1.54, 1.807) is 30.3 Å². The summed E-state index contributed by atoms with van der Waals surface area (Å²) in [5.74, 6) is -0.737. The molecule has 1 heterocycles. The van der Waals surface area contributed by atoms with Crippen molar-refractivity contribution in [3.8, 4) is 11.5 Å². The van der Waals surface area contributed by atoms with E-state index in [4.69, 9.17) is 21.1 Å². The van der Waals surface area contributed by atoms with Gasteiger partial charge in [0.2, 0.25) is 5.91 Å². The number of hydrogen-bond acceptors (Lipinski definition) is 4. The van der Waals surface area contributed by atoms with Crippen molar-refractivity contribution in [1.29, 1.82) is 0 Å². The number of carboxylic acids is 1. The summed E-state index contributed by atoms with van der Waals surface area (Å²) in [6, 6.07) is 10.2. The molecule has 0 aliphatic rings. The Morgan fingerprint density at radius 2 is 1.85 bits per heavy atom. The summed E-state index contributed by atoms with van der Waals surface area (Å²) >= 11 is 6.12. The average molecular weight is 389 g/mol. The number of benzene rings is 2. The first kappa shape index (κ1) is 18.6. The van der Waals surface area contributed by atoms with Gasteiger partial charge in [-0.15, -0.1) is 0 Å². The number of H-pyrrole nitrogens is 1. The fourth-order valence-corrected chi connectivity index (χ4v) is 3.12. The fraction of sp³-hybridized carbons (Fsp3) is 0.158. The molecule has 3 rings (SSSR count). The van der Waals surface area contributed by atoms with E-state index in [1.165, 1.54) is 20.3 Å². The van der Waals surface area contributed by atoms with Gasteiger partial charge in [0.1, 0.15) is 17.2 Å². The number of aromatic carboxylic acids is 1.